The van der Waals surface area contributed by atoms with E-state index in [2.05, 4.69) is 20.7 Å². The van der Waals surface area contributed by atoms with Crippen LogP contribution in [-0.4, -0.2) is 30.1 Å². The zero-order valence-electron chi connectivity index (χ0n) is 8.57. The standard InChI is InChI=1S/C10H8BrFN2O3/c11-6-2-1-5(8(13)7(6)12)9(15)14-3-4-17-10(14)16/h1-2H,3-4,13H2. The average Bonchev–Trinajstić information content (AvgIpc) is 2.72. The molecule has 0 spiro atoms. The van der Waals surface area contributed by atoms with Crippen molar-refractivity contribution < 1.29 is 18.7 Å². The van der Waals surface area contributed by atoms with E-state index in [9.17, 15) is 14.0 Å². The summed E-state index contributed by atoms with van der Waals surface area (Å²) in [6, 6.07) is 2.72. The number of nitrogens with two attached hydrogens (primary N) is 1. The zero-order chi connectivity index (χ0) is 12.6. The van der Waals surface area contributed by atoms with Gasteiger partial charge in [-0.25, -0.2) is 14.1 Å². The van der Waals surface area contributed by atoms with Crippen LogP contribution in [0.1, 0.15) is 10.4 Å². The fourth-order valence-corrected chi connectivity index (χ4v) is 1.82. The molecular weight excluding hydrogens is 295 g/mol. The van der Waals surface area contributed by atoms with Crippen LogP contribution >= 0.6 is 15.9 Å². The summed E-state index contributed by atoms with van der Waals surface area (Å²) >= 11 is 2.95. The van der Waals surface area contributed by atoms with Crippen LogP contribution in [0, 0.1) is 5.82 Å². The van der Waals surface area contributed by atoms with Gasteiger partial charge in [0.25, 0.3) is 5.91 Å². The highest BCUT2D eigenvalue weighted by molar-refractivity contribution is 9.10. The third kappa shape index (κ3) is 1.97. The number of amides is 2. The summed E-state index contributed by atoms with van der Waals surface area (Å²) < 4.78 is 18.3. The second-order valence-electron chi connectivity index (χ2n) is 3.39. The highest BCUT2D eigenvalue weighted by atomic mass is 79.9. The molecule has 17 heavy (non-hydrogen) atoms. The van der Waals surface area contributed by atoms with E-state index in [4.69, 9.17) is 5.73 Å². The van der Waals surface area contributed by atoms with Gasteiger partial charge in [-0.05, 0) is 28.1 Å². The molecule has 0 aliphatic carbocycles. The number of cyclic esters (lactones) is 1. The van der Waals surface area contributed by atoms with Crippen molar-refractivity contribution in [3.05, 3.63) is 28.0 Å². The quantitative estimate of drug-likeness (QED) is 0.802. The number of nitrogens with zero attached hydrogens (tertiary/aromatic N) is 1. The van der Waals surface area contributed by atoms with Gasteiger partial charge in [0.05, 0.1) is 22.3 Å². The molecule has 1 aliphatic heterocycles. The molecule has 1 fully saturated rings. The number of carbonyl (C=O) groups excluding carboxylic acids is 2. The van der Waals surface area contributed by atoms with Gasteiger partial charge >= 0.3 is 6.09 Å². The van der Waals surface area contributed by atoms with Crippen LogP contribution in [0.5, 0.6) is 0 Å². The van der Waals surface area contributed by atoms with Gasteiger partial charge in [-0.15, -0.1) is 0 Å². The van der Waals surface area contributed by atoms with Gasteiger partial charge in [0, 0.05) is 0 Å². The first-order valence-electron chi connectivity index (χ1n) is 4.74. The van der Waals surface area contributed by atoms with Crippen molar-refractivity contribution >= 4 is 33.6 Å². The Hall–Kier alpha value is -1.63. The van der Waals surface area contributed by atoms with Crippen LogP contribution < -0.4 is 5.73 Å². The lowest BCUT2D eigenvalue weighted by molar-refractivity contribution is 0.0810. The summed E-state index contributed by atoms with van der Waals surface area (Å²) in [4.78, 5) is 24.0. The first-order valence-corrected chi connectivity index (χ1v) is 5.53. The van der Waals surface area contributed by atoms with Crippen molar-refractivity contribution in [2.24, 2.45) is 0 Å². The van der Waals surface area contributed by atoms with Crippen LogP contribution in [-0.2, 0) is 4.74 Å². The van der Waals surface area contributed by atoms with E-state index in [-0.39, 0.29) is 28.9 Å². The molecule has 0 saturated carbocycles. The fourth-order valence-electron chi connectivity index (χ4n) is 1.48. The third-order valence-corrected chi connectivity index (χ3v) is 2.98. The summed E-state index contributed by atoms with van der Waals surface area (Å²) in [5, 5.41) is 0. The lowest BCUT2D eigenvalue weighted by Gasteiger charge is -2.13. The Morgan fingerprint density at radius 1 is 1.53 bits per heavy atom. The van der Waals surface area contributed by atoms with Gasteiger partial charge in [-0.1, -0.05) is 0 Å². The number of anilines is 1. The minimum Gasteiger partial charge on any atom is -0.447 e. The Labute approximate surface area is 104 Å². The van der Waals surface area contributed by atoms with Gasteiger partial charge in [-0.2, -0.15) is 0 Å². The minimum absolute atomic E-state index is 0.0513. The molecule has 7 heteroatoms. The van der Waals surface area contributed by atoms with Crippen molar-refractivity contribution in [1.82, 2.24) is 4.90 Å². The molecule has 1 aliphatic rings. The van der Waals surface area contributed by atoms with Crippen LogP contribution in [0.2, 0.25) is 0 Å². The normalized spacial score (nSPS) is 14.9. The number of imide groups is 1. The van der Waals surface area contributed by atoms with Gasteiger partial charge in [0.2, 0.25) is 0 Å². The van der Waals surface area contributed by atoms with Crippen LogP contribution in [0.4, 0.5) is 14.9 Å². The van der Waals surface area contributed by atoms with Crippen molar-refractivity contribution in [2.75, 3.05) is 18.9 Å². The molecule has 0 radical (unpaired) electrons. The molecule has 0 atom stereocenters. The van der Waals surface area contributed by atoms with Crippen molar-refractivity contribution in [2.45, 2.75) is 0 Å². The molecule has 0 unspecified atom stereocenters. The molecule has 1 aromatic carbocycles. The average molecular weight is 303 g/mol. The van der Waals surface area contributed by atoms with E-state index >= 15 is 0 Å². The highest BCUT2D eigenvalue weighted by Crippen LogP contribution is 2.26. The Balaban J connectivity index is 2.38. The molecule has 1 saturated heterocycles. The second-order valence-corrected chi connectivity index (χ2v) is 4.25. The van der Waals surface area contributed by atoms with E-state index in [0.29, 0.717) is 0 Å². The zero-order valence-corrected chi connectivity index (χ0v) is 10.2. The van der Waals surface area contributed by atoms with E-state index < -0.39 is 17.8 Å². The van der Waals surface area contributed by atoms with Crippen molar-refractivity contribution in [3.8, 4) is 0 Å². The number of nitrogen functional groups attached to an aromatic ring is 1. The van der Waals surface area contributed by atoms with Crippen molar-refractivity contribution in [1.29, 1.82) is 0 Å². The molecule has 2 rings (SSSR count). The smallest absolute Gasteiger partial charge is 0.416 e. The summed E-state index contributed by atoms with van der Waals surface area (Å²) in [5.74, 6) is -1.38. The maximum atomic E-state index is 13.5. The van der Waals surface area contributed by atoms with Crippen LogP contribution in [0.15, 0.2) is 16.6 Å². The molecule has 5 nitrogen and oxygen atoms in total. The van der Waals surface area contributed by atoms with E-state index in [0.717, 1.165) is 4.90 Å². The van der Waals surface area contributed by atoms with Gasteiger partial charge in [-0.3, -0.25) is 4.79 Å². The number of hydrogen-bond acceptors (Lipinski definition) is 4. The predicted octanol–water partition coefficient (Wildman–Crippen LogP) is 1.76. The fraction of sp³-hybridized carbons (Fsp3) is 0.200. The predicted molar refractivity (Wildman–Crippen MR) is 60.9 cm³/mol. The van der Waals surface area contributed by atoms with Crippen molar-refractivity contribution in [3.63, 3.8) is 0 Å². The van der Waals surface area contributed by atoms with Crippen LogP contribution in [0.25, 0.3) is 0 Å². The first-order chi connectivity index (χ1) is 8.02. The van der Waals surface area contributed by atoms with E-state index in [1.807, 2.05) is 0 Å². The lowest BCUT2D eigenvalue weighted by Crippen LogP contribution is -2.32. The van der Waals surface area contributed by atoms with Gasteiger partial charge in [0.15, 0.2) is 5.82 Å². The number of rotatable bonds is 1. The Morgan fingerprint density at radius 3 is 2.82 bits per heavy atom. The number of halogens is 2. The third-order valence-electron chi connectivity index (χ3n) is 2.37. The van der Waals surface area contributed by atoms with Gasteiger partial charge < -0.3 is 10.5 Å². The lowest BCUT2D eigenvalue weighted by atomic mass is 10.1. The topological polar surface area (TPSA) is 72.6 Å². The Kier molecular flexibility index (Phi) is 3.01. The molecule has 2 amide bonds. The van der Waals surface area contributed by atoms with Gasteiger partial charge in [0.1, 0.15) is 6.61 Å². The monoisotopic (exact) mass is 302 g/mol. The molecule has 1 heterocycles. The number of ether oxygens (including phenoxy) is 1. The summed E-state index contributed by atoms with van der Waals surface area (Å²) in [6.45, 7) is 0.290. The molecule has 0 bridgehead atoms. The molecule has 2 N–H and O–H groups in total. The summed E-state index contributed by atoms with van der Waals surface area (Å²) in [6.07, 6.45) is -0.738. The van der Waals surface area contributed by atoms with E-state index in [1.165, 1.54) is 12.1 Å². The number of carbonyl (C=O) groups is 2. The summed E-state index contributed by atoms with van der Waals surface area (Å²) in [7, 11) is 0. The SMILES string of the molecule is Nc1c(C(=O)N2CCOC2=O)ccc(Br)c1F. The molecular formula is C10H8BrFN2O3. The number of hydrogen-bond donors (Lipinski definition) is 1. The second kappa shape index (κ2) is 4.33. The van der Waals surface area contributed by atoms with E-state index in [1.54, 1.807) is 0 Å². The molecule has 1 aromatic rings. The Morgan fingerprint density at radius 2 is 2.24 bits per heavy atom. The highest BCUT2D eigenvalue weighted by Gasteiger charge is 2.31. The molecule has 90 valence electrons. The van der Waals surface area contributed by atoms with Crippen LogP contribution in [0.3, 0.4) is 0 Å². The molecule has 0 aromatic heterocycles. The Bertz CT molecular complexity index is 507. The largest absolute Gasteiger partial charge is 0.447 e. The maximum absolute atomic E-state index is 13.5. The maximum Gasteiger partial charge on any atom is 0.416 e. The first kappa shape index (κ1) is 11.8. The number of benzene rings is 1. The summed E-state index contributed by atoms with van der Waals surface area (Å²) in [5.41, 5.74) is 5.15. The minimum atomic E-state index is -0.738.